The average Bonchev–Trinajstić information content (AvgIpc) is 2.29. The van der Waals surface area contributed by atoms with E-state index < -0.39 is 0 Å². The SMILES string of the molecule is Cc1ccccc1CCNCC1(CO)COC1. The van der Waals surface area contributed by atoms with Crippen molar-refractivity contribution in [1.29, 1.82) is 0 Å². The van der Waals surface area contributed by atoms with Crippen LogP contribution in [0.15, 0.2) is 24.3 Å². The van der Waals surface area contributed by atoms with E-state index in [1.807, 2.05) is 0 Å². The van der Waals surface area contributed by atoms with Gasteiger partial charge in [-0.2, -0.15) is 0 Å². The molecule has 1 heterocycles. The average molecular weight is 235 g/mol. The lowest BCUT2D eigenvalue weighted by Crippen LogP contribution is -2.52. The van der Waals surface area contributed by atoms with E-state index in [9.17, 15) is 5.11 Å². The third-order valence-corrected chi connectivity index (χ3v) is 3.48. The van der Waals surface area contributed by atoms with Crippen LogP contribution < -0.4 is 5.32 Å². The zero-order valence-electron chi connectivity index (χ0n) is 10.4. The van der Waals surface area contributed by atoms with Crippen molar-refractivity contribution in [2.45, 2.75) is 13.3 Å². The Balaban J connectivity index is 1.71. The summed E-state index contributed by atoms with van der Waals surface area (Å²) in [7, 11) is 0. The quantitative estimate of drug-likeness (QED) is 0.726. The van der Waals surface area contributed by atoms with Gasteiger partial charge >= 0.3 is 0 Å². The predicted molar refractivity (Wildman–Crippen MR) is 68.1 cm³/mol. The number of hydrogen-bond donors (Lipinski definition) is 2. The van der Waals surface area contributed by atoms with Crippen molar-refractivity contribution in [3.8, 4) is 0 Å². The van der Waals surface area contributed by atoms with E-state index in [-0.39, 0.29) is 12.0 Å². The minimum absolute atomic E-state index is 0.0221. The number of benzene rings is 1. The summed E-state index contributed by atoms with van der Waals surface area (Å²) in [6.45, 7) is 5.51. The molecular formula is C14H21NO2. The summed E-state index contributed by atoms with van der Waals surface area (Å²) in [6, 6.07) is 8.46. The Bertz CT molecular complexity index is 355. The molecule has 0 spiro atoms. The summed E-state index contributed by atoms with van der Waals surface area (Å²) in [5.74, 6) is 0. The first-order valence-electron chi connectivity index (χ1n) is 6.20. The van der Waals surface area contributed by atoms with Crippen LogP contribution in [0.1, 0.15) is 11.1 Å². The van der Waals surface area contributed by atoms with Crippen molar-refractivity contribution >= 4 is 0 Å². The first-order valence-corrected chi connectivity index (χ1v) is 6.20. The summed E-state index contributed by atoms with van der Waals surface area (Å²) in [5, 5.41) is 12.7. The maximum Gasteiger partial charge on any atom is 0.0579 e. The molecule has 0 aliphatic carbocycles. The number of ether oxygens (including phenoxy) is 1. The van der Waals surface area contributed by atoms with Crippen molar-refractivity contribution in [1.82, 2.24) is 5.32 Å². The fraction of sp³-hybridized carbons (Fsp3) is 0.571. The van der Waals surface area contributed by atoms with Gasteiger partial charge in [-0.05, 0) is 31.0 Å². The summed E-state index contributed by atoms with van der Waals surface area (Å²) in [4.78, 5) is 0. The zero-order chi connectivity index (χ0) is 12.1. The Morgan fingerprint density at radius 1 is 1.35 bits per heavy atom. The molecule has 0 saturated carbocycles. The van der Waals surface area contributed by atoms with Gasteiger partial charge in [0, 0.05) is 6.54 Å². The van der Waals surface area contributed by atoms with Gasteiger partial charge in [-0.25, -0.2) is 0 Å². The van der Waals surface area contributed by atoms with Crippen LogP contribution >= 0.6 is 0 Å². The molecule has 0 aromatic heterocycles. The number of nitrogens with one attached hydrogen (secondary N) is 1. The van der Waals surface area contributed by atoms with Gasteiger partial charge in [0.1, 0.15) is 0 Å². The van der Waals surface area contributed by atoms with Crippen molar-refractivity contribution < 1.29 is 9.84 Å². The number of aryl methyl sites for hydroxylation is 1. The summed E-state index contributed by atoms with van der Waals surface area (Å²) in [6.07, 6.45) is 1.04. The molecule has 0 amide bonds. The maximum atomic E-state index is 9.28. The largest absolute Gasteiger partial charge is 0.396 e. The topological polar surface area (TPSA) is 41.5 Å². The normalized spacial score (nSPS) is 17.8. The molecule has 1 saturated heterocycles. The molecule has 17 heavy (non-hydrogen) atoms. The fourth-order valence-electron chi connectivity index (χ4n) is 2.11. The van der Waals surface area contributed by atoms with Crippen LogP contribution in [0.2, 0.25) is 0 Å². The highest BCUT2D eigenvalue weighted by Gasteiger charge is 2.37. The lowest BCUT2D eigenvalue weighted by Gasteiger charge is -2.40. The number of hydrogen-bond acceptors (Lipinski definition) is 3. The Hall–Kier alpha value is -0.900. The van der Waals surface area contributed by atoms with Gasteiger partial charge < -0.3 is 15.2 Å². The molecule has 2 N–H and O–H groups in total. The molecule has 3 nitrogen and oxygen atoms in total. The van der Waals surface area contributed by atoms with Crippen molar-refractivity contribution in [2.75, 3.05) is 32.9 Å². The first kappa shape index (κ1) is 12.6. The molecule has 1 aliphatic heterocycles. The highest BCUT2D eigenvalue weighted by molar-refractivity contribution is 5.25. The zero-order valence-corrected chi connectivity index (χ0v) is 10.4. The highest BCUT2D eigenvalue weighted by Crippen LogP contribution is 2.25. The van der Waals surface area contributed by atoms with Gasteiger partial charge in [0.05, 0.1) is 25.2 Å². The van der Waals surface area contributed by atoms with Gasteiger partial charge in [0.15, 0.2) is 0 Å². The van der Waals surface area contributed by atoms with E-state index >= 15 is 0 Å². The van der Waals surface area contributed by atoms with Crippen molar-refractivity contribution in [3.63, 3.8) is 0 Å². The fourth-order valence-corrected chi connectivity index (χ4v) is 2.11. The number of aliphatic hydroxyl groups excluding tert-OH is 1. The van der Waals surface area contributed by atoms with E-state index in [2.05, 4.69) is 36.5 Å². The molecule has 0 radical (unpaired) electrons. The van der Waals surface area contributed by atoms with Gasteiger partial charge in [0.2, 0.25) is 0 Å². The lowest BCUT2D eigenvalue weighted by molar-refractivity contribution is -0.134. The smallest absolute Gasteiger partial charge is 0.0579 e. The molecule has 1 aromatic rings. The highest BCUT2D eigenvalue weighted by atomic mass is 16.5. The van der Waals surface area contributed by atoms with Crippen LogP contribution in [0, 0.1) is 12.3 Å². The molecule has 94 valence electrons. The van der Waals surface area contributed by atoms with E-state index in [0.717, 1.165) is 19.5 Å². The Kier molecular flexibility index (Phi) is 4.15. The second-order valence-electron chi connectivity index (χ2n) is 5.00. The Morgan fingerprint density at radius 2 is 2.12 bits per heavy atom. The molecule has 1 fully saturated rings. The van der Waals surface area contributed by atoms with Crippen LogP contribution in [-0.4, -0.2) is 38.0 Å². The Morgan fingerprint density at radius 3 is 2.71 bits per heavy atom. The van der Waals surface area contributed by atoms with Crippen LogP contribution in [0.25, 0.3) is 0 Å². The van der Waals surface area contributed by atoms with Gasteiger partial charge in [-0.1, -0.05) is 24.3 Å². The molecule has 2 rings (SSSR count). The van der Waals surface area contributed by atoms with Crippen molar-refractivity contribution in [3.05, 3.63) is 35.4 Å². The molecule has 3 heteroatoms. The molecular weight excluding hydrogens is 214 g/mol. The summed E-state index contributed by atoms with van der Waals surface area (Å²) < 4.78 is 5.16. The van der Waals surface area contributed by atoms with Gasteiger partial charge in [0.25, 0.3) is 0 Å². The summed E-state index contributed by atoms with van der Waals surface area (Å²) >= 11 is 0. The molecule has 0 atom stereocenters. The summed E-state index contributed by atoms with van der Waals surface area (Å²) in [5.41, 5.74) is 2.71. The standard InChI is InChI=1S/C14H21NO2/c1-12-4-2-3-5-13(12)6-7-15-8-14(9-16)10-17-11-14/h2-5,15-16H,6-11H2,1H3. The van der Waals surface area contributed by atoms with E-state index in [4.69, 9.17) is 4.74 Å². The monoisotopic (exact) mass is 235 g/mol. The second-order valence-corrected chi connectivity index (χ2v) is 5.00. The third-order valence-electron chi connectivity index (χ3n) is 3.48. The van der Waals surface area contributed by atoms with Gasteiger partial charge in [-0.3, -0.25) is 0 Å². The molecule has 1 aliphatic rings. The maximum absolute atomic E-state index is 9.28. The van der Waals surface area contributed by atoms with E-state index in [1.54, 1.807) is 0 Å². The third kappa shape index (κ3) is 3.06. The molecule has 0 bridgehead atoms. The number of rotatable bonds is 6. The van der Waals surface area contributed by atoms with Crippen LogP contribution in [0.4, 0.5) is 0 Å². The van der Waals surface area contributed by atoms with Crippen molar-refractivity contribution in [2.24, 2.45) is 5.41 Å². The predicted octanol–water partition coefficient (Wildman–Crippen LogP) is 1.14. The lowest BCUT2D eigenvalue weighted by atomic mass is 9.87. The number of aliphatic hydroxyl groups is 1. The molecule has 0 unspecified atom stereocenters. The second kappa shape index (κ2) is 5.63. The minimum Gasteiger partial charge on any atom is -0.396 e. The molecule has 1 aromatic carbocycles. The first-order chi connectivity index (χ1) is 8.26. The van der Waals surface area contributed by atoms with E-state index in [0.29, 0.717) is 13.2 Å². The van der Waals surface area contributed by atoms with Crippen LogP contribution in [0.3, 0.4) is 0 Å². The van der Waals surface area contributed by atoms with E-state index in [1.165, 1.54) is 11.1 Å². The minimum atomic E-state index is -0.0221. The van der Waals surface area contributed by atoms with Crippen LogP contribution in [-0.2, 0) is 11.2 Å². The Labute approximate surface area is 103 Å². The van der Waals surface area contributed by atoms with Gasteiger partial charge in [-0.15, -0.1) is 0 Å². The van der Waals surface area contributed by atoms with Crippen LogP contribution in [0.5, 0.6) is 0 Å².